The maximum atomic E-state index is 5.75. The summed E-state index contributed by atoms with van der Waals surface area (Å²) in [6.07, 6.45) is 6.81. The molecule has 126 valence electrons. The molecule has 0 unspecified atom stereocenters. The number of hydrazine groups is 1. The fraction of sp³-hybridized carbons (Fsp3) is 0.0667. The number of rotatable bonds is 3. The lowest BCUT2D eigenvalue weighted by atomic mass is 10.2. The highest BCUT2D eigenvalue weighted by molar-refractivity contribution is 5.64. The van der Waals surface area contributed by atoms with Crippen LogP contribution in [0, 0.1) is 6.92 Å². The van der Waals surface area contributed by atoms with Gasteiger partial charge in [-0.2, -0.15) is 0 Å². The molecule has 0 spiro atoms. The molecule has 0 amide bonds. The van der Waals surface area contributed by atoms with Crippen LogP contribution in [0.25, 0.3) is 11.3 Å². The molecule has 9 N–H and O–H groups in total. The van der Waals surface area contributed by atoms with Crippen molar-refractivity contribution in [1.82, 2.24) is 19.9 Å². The van der Waals surface area contributed by atoms with Crippen molar-refractivity contribution in [3.05, 3.63) is 54.7 Å². The third kappa shape index (κ3) is 4.68. The van der Waals surface area contributed by atoms with E-state index in [1.807, 2.05) is 31.2 Å². The van der Waals surface area contributed by atoms with Crippen molar-refractivity contribution in [2.75, 3.05) is 11.1 Å². The van der Waals surface area contributed by atoms with E-state index >= 15 is 0 Å². The van der Waals surface area contributed by atoms with E-state index in [0.29, 0.717) is 11.6 Å². The number of nitrogen functional groups attached to an aromatic ring is 1. The molecule has 3 rings (SSSR count). The average Bonchev–Trinajstić information content (AvgIpc) is 2.61. The minimum atomic E-state index is 0. The number of anilines is 3. The van der Waals surface area contributed by atoms with Gasteiger partial charge in [-0.3, -0.25) is 21.7 Å². The van der Waals surface area contributed by atoms with Crippen LogP contribution in [-0.4, -0.2) is 25.4 Å². The minimum absolute atomic E-state index is 0. The van der Waals surface area contributed by atoms with Crippen molar-refractivity contribution in [2.24, 2.45) is 11.7 Å². The second-order valence-corrected chi connectivity index (χ2v) is 4.53. The maximum absolute atomic E-state index is 5.75. The van der Waals surface area contributed by atoms with Crippen molar-refractivity contribution in [1.29, 1.82) is 0 Å². The summed E-state index contributed by atoms with van der Waals surface area (Å²) < 4.78 is 0. The quantitative estimate of drug-likeness (QED) is 0.398. The Morgan fingerprint density at radius 1 is 1.04 bits per heavy atom. The third-order valence-corrected chi connectivity index (χ3v) is 2.97. The van der Waals surface area contributed by atoms with E-state index < -0.39 is 0 Å². The summed E-state index contributed by atoms with van der Waals surface area (Å²) in [5.41, 5.74) is 9.70. The Kier molecular flexibility index (Phi) is 7.17. The van der Waals surface area contributed by atoms with Crippen LogP contribution in [0.3, 0.4) is 0 Å². The Morgan fingerprint density at radius 3 is 2.54 bits per heavy atom. The van der Waals surface area contributed by atoms with Crippen LogP contribution in [0.2, 0.25) is 0 Å². The van der Waals surface area contributed by atoms with E-state index in [4.69, 9.17) is 5.73 Å². The first-order chi connectivity index (χ1) is 11.2. The van der Waals surface area contributed by atoms with E-state index in [9.17, 15) is 0 Å². The molecule has 3 aromatic rings. The highest BCUT2D eigenvalue weighted by atomic mass is 16.0. The van der Waals surface area contributed by atoms with E-state index in [-0.39, 0.29) is 5.48 Å². The molecule has 0 aromatic carbocycles. The lowest BCUT2D eigenvalue weighted by Crippen LogP contribution is -2.02. The monoisotopic (exact) mass is 328 g/mol. The summed E-state index contributed by atoms with van der Waals surface area (Å²) in [5, 5.41) is 3.14. The van der Waals surface area contributed by atoms with Crippen LogP contribution in [0.1, 0.15) is 5.69 Å². The Balaban J connectivity index is 0.000000925. The molecule has 9 nitrogen and oxygen atoms in total. The summed E-state index contributed by atoms with van der Waals surface area (Å²) >= 11 is 0. The van der Waals surface area contributed by atoms with Crippen LogP contribution in [0.5, 0.6) is 0 Å². The Bertz CT molecular complexity index is 766. The van der Waals surface area contributed by atoms with Gasteiger partial charge in [0.2, 0.25) is 5.95 Å². The fourth-order valence-corrected chi connectivity index (χ4v) is 1.89. The Morgan fingerprint density at radius 2 is 1.83 bits per heavy atom. The van der Waals surface area contributed by atoms with Gasteiger partial charge in [0.05, 0.1) is 29.0 Å². The van der Waals surface area contributed by atoms with Crippen molar-refractivity contribution in [2.45, 2.75) is 6.92 Å². The molecular weight excluding hydrogens is 308 g/mol. The van der Waals surface area contributed by atoms with E-state index in [0.717, 1.165) is 22.6 Å². The fourth-order valence-electron chi connectivity index (χ4n) is 1.89. The Labute approximate surface area is 139 Å². The first kappa shape index (κ1) is 18.9. The van der Waals surface area contributed by atoms with E-state index in [1.165, 1.54) is 0 Å². The van der Waals surface area contributed by atoms with Crippen LogP contribution < -0.4 is 22.7 Å². The maximum Gasteiger partial charge on any atom is 0.227 e. The zero-order chi connectivity index (χ0) is 16.7. The molecule has 0 radical (unpaired) electrons. The molecule has 3 aromatic heterocycles. The van der Waals surface area contributed by atoms with Gasteiger partial charge in [0.1, 0.15) is 0 Å². The second-order valence-electron chi connectivity index (χ2n) is 4.53. The van der Waals surface area contributed by atoms with Gasteiger partial charge in [0.25, 0.3) is 0 Å². The molecular formula is C15H20N8O. The lowest BCUT2D eigenvalue weighted by Gasteiger charge is -2.09. The average molecular weight is 328 g/mol. The van der Waals surface area contributed by atoms with Crippen LogP contribution in [-0.2, 0) is 0 Å². The van der Waals surface area contributed by atoms with Crippen LogP contribution >= 0.6 is 0 Å². The van der Waals surface area contributed by atoms with Crippen molar-refractivity contribution < 1.29 is 5.48 Å². The molecule has 9 heteroatoms. The highest BCUT2D eigenvalue weighted by Gasteiger charge is 2.05. The number of nitrogens with zero attached hydrogens (tertiary/aromatic N) is 4. The smallest absolute Gasteiger partial charge is 0.227 e. The van der Waals surface area contributed by atoms with Crippen molar-refractivity contribution in [3.8, 4) is 11.3 Å². The van der Waals surface area contributed by atoms with Gasteiger partial charge in [0, 0.05) is 24.2 Å². The minimum Gasteiger partial charge on any atom is -0.412 e. The van der Waals surface area contributed by atoms with Crippen molar-refractivity contribution in [3.63, 3.8) is 0 Å². The number of hydrogen-bond donors (Lipinski definition) is 4. The Hall–Kier alpha value is -3.14. The molecule has 0 aliphatic heterocycles. The van der Waals surface area contributed by atoms with Gasteiger partial charge in [-0.1, -0.05) is 0 Å². The molecule has 0 saturated heterocycles. The summed E-state index contributed by atoms with van der Waals surface area (Å²) in [4.78, 5) is 17.0. The summed E-state index contributed by atoms with van der Waals surface area (Å²) in [6, 6.07) is 7.47. The van der Waals surface area contributed by atoms with Crippen LogP contribution in [0.4, 0.5) is 17.3 Å². The number of nitrogens with two attached hydrogens (primary N) is 3. The van der Waals surface area contributed by atoms with Gasteiger partial charge in [0.15, 0.2) is 0 Å². The van der Waals surface area contributed by atoms with E-state index in [1.54, 1.807) is 24.8 Å². The normalized spacial score (nSPS) is 9.29. The number of pyridine rings is 2. The highest BCUT2D eigenvalue weighted by Crippen LogP contribution is 2.21. The lowest BCUT2D eigenvalue weighted by molar-refractivity contribution is 0.824. The predicted molar refractivity (Wildman–Crippen MR) is 93.9 cm³/mol. The molecule has 3 heterocycles. The molecule has 0 aliphatic carbocycles. The molecule has 0 atom stereocenters. The predicted octanol–water partition coefficient (Wildman–Crippen LogP) is 0.562. The molecule has 0 fully saturated rings. The molecule has 0 aliphatic rings. The SMILES string of the molecule is Cc1ncc(N)cc1Nc1nccc(-c2cccnc2)n1.NN.O. The summed E-state index contributed by atoms with van der Waals surface area (Å²) in [5.74, 6) is 8.49. The number of aryl methyl sites for hydroxylation is 1. The topological polar surface area (TPSA) is 173 Å². The number of nitrogens with one attached hydrogen (secondary N) is 1. The number of hydrogen-bond acceptors (Lipinski definition) is 8. The first-order valence-electron chi connectivity index (χ1n) is 6.78. The summed E-state index contributed by atoms with van der Waals surface area (Å²) in [7, 11) is 0. The second kappa shape index (κ2) is 9.10. The zero-order valence-electron chi connectivity index (χ0n) is 13.1. The zero-order valence-corrected chi connectivity index (χ0v) is 13.1. The van der Waals surface area contributed by atoms with Gasteiger partial charge in [-0.15, -0.1) is 0 Å². The first-order valence-corrected chi connectivity index (χ1v) is 6.78. The van der Waals surface area contributed by atoms with Crippen LogP contribution in [0.15, 0.2) is 49.1 Å². The van der Waals surface area contributed by atoms with E-state index in [2.05, 4.69) is 36.9 Å². The van der Waals surface area contributed by atoms with Gasteiger partial charge < -0.3 is 16.5 Å². The van der Waals surface area contributed by atoms with Gasteiger partial charge in [-0.05, 0) is 31.2 Å². The molecule has 0 bridgehead atoms. The third-order valence-electron chi connectivity index (χ3n) is 2.97. The number of aromatic nitrogens is 4. The molecule has 24 heavy (non-hydrogen) atoms. The summed E-state index contributed by atoms with van der Waals surface area (Å²) in [6.45, 7) is 1.90. The van der Waals surface area contributed by atoms with Gasteiger partial charge >= 0.3 is 0 Å². The van der Waals surface area contributed by atoms with Gasteiger partial charge in [-0.25, -0.2) is 9.97 Å². The van der Waals surface area contributed by atoms with Crippen molar-refractivity contribution >= 4 is 17.3 Å². The molecule has 0 saturated carbocycles. The largest absolute Gasteiger partial charge is 0.412 e. The standard InChI is InChI=1S/C15H14N6.H4N2.H2O/c1-10-14(7-12(16)9-19-10)21-15-18-6-4-13(20-15)11-3-2-5-17-8-11;1-2;/h2-9H,16H2,1H3,(H,18,20,21);1-2H2;1H2.